The summed E-state index contributed by atoms with van der Waals surface area (Å²) in [5.74, 6) is 0. The zero-order valence-corrected chi connectivity index (χ0v) is 7.44. The molecular formula is C9H13N3O. The van der Waals surface area contributed by atoms with E-state index in [0.717, 1.165) is 31.8 Å². The predicted octanol–water partition coefficient (Wildman–Crippen LogP) is 0.528. The van der Waals surface area contributed by atoms with Crippen molar-refractivity contribution in [3.8, 4) is 0 Å². The lowest BCUT2D eigenvalue weighted by molar-refractivity contribution is 0.0633. The van der Waals surface area contributed by atoms with Crippen molar-refractivity contribution in [2.45, 2.75) is 12.5 Å². The second kappa shape index (κ2) is 4.30. The average Bonchev–Trinajstić information content (AvgIpc) is 2.47. The molecular weight excluding hydrogens is 166 g/mol. The van der Waals surface area contributed by atoms with Crippen LogP contribution in [0.25, 0.3) is 0 Å². The number of hydrogen-bond acceptors (Lipinski definition) is 4. The van der Waals surface area contributed by atoms with Crippen LogP contribution in [0.4, 0.5) is 0 Å². The molecule has 0 amide bonds. The van der Waals surface area contributed by atoms with E-state index in [1.165, 1.54) is 0 Å². The summed E-state index contributed by atoms with van der Waals surface area (Å²) in [6.07, 6.45) is 2.81. The fourth-order valence-electron chi connectivity index (χ4n) is 1.39. The highest BCUT2D eigenvalue weighted by atomic mass is 16.5. The molecule has 1 aromatic rings. The zero-order chi connectivity index (χ0) is 8.93. The zero-order valence-electron chi connectivity index (χ0n) is 7.44. The SMILES string of the molecule is c1cnnc([C@@H]2CNCCCO2)c1. The summed E-state index contributed by atoms with van der Waals surface area (Å²) in [4.78, 5) is 0. The molecule has 0 saturated carbocycles. The molecule has 0 bridgehead atoms. The highest BCUT2D eigenvalue weighted by Crippen LogP contribution is 2.14. The minimum absolute atomic E-state index is 0.0659. The minimum Gasteiger partial charge on any atom is -0.370 e. The van der Waals surface area contributed by atoms with E-state index in [2.05, 4.69) is 15.5 Å². The third-order valence-electron chi connectivity index (χ3n) is 2.07. The summed E-state index contributed by atoms with van der Waals surface area (Å²) in [7, 11) is 0. The van der Waals surface area contributed by atoms with Crippen LogP contribution in [0.1, 0.15) is 18.2 Å². The van der Waals surface area contributed by atoms with Gasteiger partial charge in [0.2, 0.25) is 0 Å². The molecule has 4 nitrogen and oxygen atoms in total. The van der Waals surface area contributed by atoms with E-state index in [1.807, 2.05) is 12.1 Å². The maximum Gasteiger partial charge on any atom is 0.114 e. The first-order valence-corrected chi connectivity index (χ1v) is 4.57. The van der Waals surface area contributed by atoms with Gasteiger partial charge in [-0.25, -0.2) is 0 Å². The molecule has 0 radical (unpaired) electrons. The van der Waals surface area contributed by atoms with Gasteiger partial charge >= 0.3 is 0 Å². The van der Waals surface area contributed by atoms with E-state index < -0.39 is 0 Å². The van der Waals surface area contributed by atoms with Crippen LogP contribution < -0.4 is 5.32 Å². The third kappa shape index (κ3) is 2.23. The number of rotatable bonds is 1. The lowest BCUT2D eigenvalue weighted by atomic mass is 10.2. The number of ether oxygens (including phenoxy) is 1. The van der Waals surface area contributed by atoms with E-state index in [4.69, 9.17) is 4.74 Å². The average molecular weight is 179 g/mol. The van der Waals surface area contributed by atoms with Gasteiger partial charge in [0, 0.05) is 19.3 Å². The second-order valence-electron chi connectivity index (χ2n) is 3.07. The maximum absolute atomic E-state index is 5.62. The largest absolute Gasteiger partial charge is 0.370 e. The van der Waals surface area contributed by atoms with Gasteiger partial charge < -0.3 is 10.1 Å². The summed E-state index contributed by atoms with van der Waals surface area (Å²) in [5, 5.41) is 11.2. The molecule has 1 aliphatic heterocycles. The van der Waals surface area contributed by atoms with Crippen molar-refractivity contribution in [2.24, 2.45) is 0 Å². The van der Waals surface area contributed by atoms with E-state index in [1.54, 1.807) is 6.20 Å². The Morgan fingerprint density at radius 3 is 3.38 bits per heavy atom. The second-order valence-corrected chi connectivity index (χ2v) is 3.07. The van der Waals surface area contributed by atoms with Gasteiger partial charge in [-0.05, 0) is 25.1 Å². The van der Waals surface area contributed by atoms with Gasteiger partial charge in [0.25, 0.3) is 0 Å². The molecule has 0 spiro atoms. The van der Waals surface area contributed by atoms with Gasteiger partial charge in [-0.2, -0.15) is 10.2 Å². The molecule has 13 heavy (non-hydrogen) atoms. The molecule has 0 aromatic carbocycles. The molecule has 1 aliphatic rings. The minimum atomic E-state index is 0.0659. The van der Waals surface area contributed by atoms with E-state index in [9.17, 15) is 0 Å². The standard InChI is InChI=1S/C9H13N3O/c1-3-8(12-11-5-1)9-7-10-4-2-6-13-9/h1,3,5,9-10H,2,4,6-7H2/t9-/m0/s1. The lowest BCUT2D eigenvalue weighted by Crippen LogP contribution is -2.20. The van der Waals surface area contributed by atoms with Gasteiger partial charge in [-0.1, -0.05) is 0 Å². The van der Waals surface area contributed by atoms with E-state index in [-0.39, 0.29) is 6.10 Å². The van der Waals surface area contributed by atoms with Gasteiger partial charge in [-0.15, -0.1) is 0 Å². The van der Waals surface area contributed by atoms with Crippen LogP contribution in [-0.2, 0) is 4.74 Å². The van der Waals surface area contributed by atoms with Gasteiger partial charge in [0.05, 0.1) is 5.69 Å². The summed E-state index contributed by atoms with van der Waals surface area (Å²) in [6.45, 7) is 2.66. The van der Waals surface area contributed by atoms with Gasteiger partial charge in [0.1, 0.15) is 6.10 Å². The molecule has 1 aromatic heterocycles. The van der Waals surface area contributed by atoms with Crippen LogP contribution in [0, 0.1) is 0 Å². The first kappa shape index (κ1) is 8.59. The summed E-state index contributed by atoms with van der Waals surface area (Å²) in [6, 6.07) is 3.83. The van der Waals surface area contributed by atoms with Gasteiger partial charge in [-0.3, -0.25) is 0 Å². The fourth-order valence-corrected chi connectivity index (χ4v) is 1.39. The maximum atomic E-state index is 5.62. The van der Waals surface area contributed by atoms with Crippen molar-refractivity contribution < 1.29 is 4.74 Å². The summed E-state index contributed by atoms with van der Waals surface area (Å²) < 4.78 is 5.62. The monoisotopic (exact) mass is 179 g/mol. The van der Waals surface area contributed by atoms with Crippen molar-refractivity contribution in [2.75, 3.05) is 19.7 Å². The molecule has 4 heteroatoms. The Morgan fingerprint density at radius 2 is 2.54 bits per heavy atom. The first-order valence-electron chi connectivity index (χ1n) is 4.57. The third-order valence-corrected chi connectivity index (χ3v) is 2.07. The molecule has 1 atom stereocenters. The smallest absolute Gasteiger partial charge is 0.114 e. The number of nitrogens with one attached hydrogen (secondary N) is 1. The highest BCUT2D eigenvalue weighted by Gasteiger charge is 2.15. The number of hydrogen-bond donors (Lipinski definition) is 1. The Hall–Kier alpha value is -1.00. The number of nitrogens with zero attached hydrogens (tertiary/aromatic N) is 2. The van der Waals surface area contributed by atoms with E-state index >= 15 is 0 Å². The predicted molar refractivity (Wildman–Crippen MR) is 48.2 cm³/mol. The van der Waals surface area contributed by atoms with Crippen LogP contribution >= 0.6 is 0 Å². The van der Waals surface area contributed by atoms with Crippen molar-refractivity contribution in [1.82, 2.24) is 15.5 Å². The Kier molecular flexibility index (Phi) is 2.84. The molecule has 1 saturated heterocycles. The molecule has 70 valence electrons. The van der Waals surface area contributed by atoms with Crippen LogP contribution in [0.2, 0.25) is 0 Å². The molecule has 0 unspecified atom stereocenters. The van der Waals surface area contributed by atoms with Crippen molar-refractivity contribution in [1.29, 1.82) is 0 Å². The molecule has 1 N–H and O–H groups in total. The summed E-state index contributed by atoms with van der Waals surface area (Å²) in [5.41, 5.74) is 0.914. The normalized spacial score (nSPS) is 23.8. The van der Waals surface area contributed by atoms with Crippen molar-refractivity contribution in [3.05, 3.63) is 24.0 Å². The van der Waals surface area contributed by atoms with Gasteiger partial charge in [0.15, 0.2) is 0 Å². The fraction of sp³-hybridized carbons (Fsp3) is 0.556. The molecule has 2 rings (SSSR count). The van der Waals surface area contributed by atoms with Crippen LogP contribution in [-0.4, -0.2) is 29.9 Å². The van der Waals surface area contributed by atoms with Crippen molar-refractivity contribution >= 4 is 0 Å². The topological polar surface area (TPSA) is 47.0 Å². The van der Waals surface area contributed by atoms with Crippen LogP contribution in [0.5, 0.6) is 0 Å². The highest BCUT2D eigenvalue weighted by molar-refractivity contribution is 5.04. The quantitative estimate of drug-likeness (QED) is 0.683. The summed E-state index contributed by atoms with van der Waals surface area (Å²) >= 11 is 0. The molecule has 0 aliphatic carbocycles. The Labute approximate surface area is 77.3 Å². The van der Waals surface area contributed by atoms with Crippen molar-refractivity contribution in [3.63, 3.8) is 0 Å². The first-order chi connectivity index (χ1) is 6.47. The lowest BCUT2D eigenvalue weighted by Gasteiger charge is -2.12. The van der Waals surface area contributed by atoms with E-state index in [0.29, 0.717) is 0 Å². The van der Waals surface area contributed by atoms with Crippen LogP contribution in [0.15, 0.2) is 18.3 Å². The van der Waals surface area contributed by atoms with Crippen LogP contribution in [0.3, 0.4) is 0 Å². The Morgan fingerprint density at radius 1 is 1.54 bits per heavy atom. The Bertz CT molecular complexity index is 244. The molecule has 1 fully saturated rings. The Balaban J connectivity index is 2.06. The molecule has 2 heterocycles. The number of aromatic nitrogens is 2.